The average molecular weight is 466 g/mol. The van der Waals surface area contributed by atoms with Crippen LogP contribution in [0.4, 0.5) is 11.4 Å². The van der Waals surface area contributed by atoms with E-state index in [2.05, 4.69) is 133 Å². The SMILES string of the molecule is CN1c2ccc(-c3cccc4ccccc34)cc2Sc2cc(-c3cccc4ccccc34)ccc21. The first-order chi connectivity index (χ1) is 17.3. The standard InChI is InChI=1S/C33H23NS/c1-34-30-18-16-24(28-14-6-10-22-8-2-4-12-26(22)28)20-32(30)35-33-21-25(17-19-31(33)34)29-15-7-11-23-9-3-5-13-27(23)29/h2-21H,1H3. The molecule has 0 saturated carbocycles. The summed E-state index contributed by atoms with van der Waals surface area (Å²) in [6.07, 6.45) is 0. The lowest BCUT2D eigenvalue weighted by Crippen LogP contribution is -2.14. The van der Waals surface area contributed by atoms with Crippen molar-refractivity contribution in [3.05, 3.63) is 121 Å². The maximum atomic E-state index is 2.35. The molecule has 0 bridgehead atoms. The number of rotatable bonds is 2. The molecule has 0 aliphatic carbocycles. The molecule has 6 aromatic carbocycles. The summed E-state index contributed by atoms with van der Waals surface area (Å²) in [5.74, 6) is 0. The fraction of sp³-hybridized carbons (Fsp3) is 0.0303. The highest BCUT2D eigenvalue weighted by Crippen LogP contribution is 2.50. The Bertz CT molecular complexity index is 1610. The molecule has 1 aliphatic heterocycles. The van der Waals surface area contributed by atoms with Crippen LogP contribution in [0.3, 0.4) is 0 Å². The zero-order chi connectivity index (χ0) is 23.4. The third-order valence-corrected chi connectivity index (χ3v) is 8.16. The summed E-state index contributed by atoms with van der Waals surface area (Å²) in [6, 6.07) is 44.2. The van der Waals surface area contributed by atoms with Crippen molar-refractivity contribution in [3.8, 4) is 22.3 Å². The van der Waals surface area contributed by atoms with E-state index in [-0.39, 0.29) is 0 Å². The molecule has 0 aromatic heterocycles. The van der Waals surface area contributed by atoms with Gasteiger partial charge in [-0.15, -0.1) is 0 Å². The van der Waals surface area contributed by atoms with E-state index in [1.807, 2.05) is 11.8 Å². The van der Waals surface area contributed by atoms with Gasteiger partial charge in [-0.1, -0.05) is 109 Å². The van der Waals surface area contributed by atoms with Crippen LogP contribution in [0.25, 0.3) is 43.8 Å². The van der Waals surface area contributed by atoms with Gasteiger partial charge >= 0.3 is 0 Å². The highest BCUT2D eigenvalue weighted by molar-refractivity contribution is 7.99. The van der Waals surface area contributed by atoms with Gasteiger partial charge < -0.3 is 4.90 Å². The summed E-state index contributed by atoms with van der Waals surface area (Å²) < 4.78 is 0. The second-order valence-electron chi connectivity index (χ2n) is 9.08. The Hall–Kier alpha value is -4.01. The predicted molar refractivity (Wildman–Crippen MR) is 151 cm³/mol. The van der Waals surface area contributed by atoms with E-state index in [0.29, 0.717) is 0 Å². The third-order valence-electron chi connectivity index (χ3n) is 7.06. The Morgan fingerprint density at radius 2 is 0.943 bits per heavy atom. The number of hydrogen-bond donors (Lipinski definition) is 0. The van der Waals surface area contributed by atoms with Crippen LogP contribution < -0.4 is 4.90 Å². The van der Waals surface area contributed by atoms with Gasteiger partial charge in [-0.2, -0.15) is 0 Å². The topological polar surface area (TPSA) is 3.24 Å². The molecule has 1 heterocycles. The summed E-state index contributed by atoms with van der Waals surface area (Å²) in [5, 5.41) is 5.14. The summed E-state index contributed by atoms with van der Waals surface area (Å²) in [5.41, 5.74) is 7.59. The first-order valence-electron chi connectivity index (χ1n) is 11.9. The van der Waals surface area contributed by atoms with E-state index in [1.165, 1.54) is 65.0 Å². The number of hydrogen-bond acceptors (Lipinski definition) is 2. The number of nitrogens with zero attached hydrogens (tertiary/aromatic N) is 1. The normalized spacial score (nSPS) is 12.5. The van der Waals surface area contributed by atoms with Crippen molar-refractivity contribution >= 4 is 44.7 Å². The molecular formula is C33H23NS. The molecule has 0 N–H and O–H groups in total. The van der Waals surface area contributed by atoms with Crippen molar-refractivity contribution in [2.24, 2.45) is 0 Å². The van der Waals surface area contributed by atoms with Crippen molar-refractivity contribution < 1.29 is 0 Å². The van der Waals surface area contributed by atoms with Crippen molar-refractivity contribution in [1.29, 1.82) is 0 Å². The van der Waals surface area contributed by atoms with E-state index in [0.717, 1.165) is 0 Å². The lowest BCUT2D eigenvalue weighted by Gasteiger charge is -2.30. The minimum Gasteiger partial charge on any atom is -0.343 e. The molecule has 0 radical (unpaired) electrons. The molecule has 0 spiro atoms. The van der Waals surface area contributed by atoms with Gasteiger partial charge in [0.05, 0.1) is 11.4 Å². The van der Waals surface area contributed by atoms with Crippen LogP contribution in [0.1, 0.15) is 0 Å². The first-order valence-corrected chi connectivity index (χ1v) is 12.7. The fourth-order valence-corrected chi connectivity index (χ4v) is 6.51. The van der Waals surface area contributed by atoms with E-state index < -0.39 is 0 Å². The zero-order valence-electron chi connectivity index (χ0n) is 19.4. The smallest absolute Gasteiger partial charge is 0.0550 e. The molecule has 7 rings (SSSR count). The van der Waals surface area contributed by atoms with Crippen LogP contribution in [0.2, 0.25) is 0 Å². The molecular weight excluding hydrogens is 442 g/mol. The second kappa shape index (κ2) is 8.04. The van der Waals surface area contributed by atoms with Gasteiger partial charge in [0.1, 0.15) is 0 Å². The van der Waals surface area contributed by atoms with Crippen LogP contribution in [-0.2, 0) is 0 Å². The molecule has 0 saturated heterocycles. The molecule has 2 heteroatoms. The van der Waals surface area contributed by atoms with Gasteiger partial charge in [-0.05, 0) is 68.1 Å². The lowest BCUT2D eigenvalue weighted by molar-refractivity contribution is 1.11. The average Bonchev–Trinajstić information content (AvgIpc) is 2.92. The summed E-state index contributed by atoms with van der Waals surface area (Å²) in [4.78, 5) is 4.90. The summed E-state index contributed by atoms with van der Waals surface area (Å²) in [6.45, 7) is 0. The molecule has 1 aliphatic rings. The lowest BCUT2D eigenvalue weighted by atomic mass is 9.97. The van der Waals surface area contributed by atoms with Crippen LogP contribution in [0.15, 0.2) is 131 Å². The van der Waals surface area contributed by atoms with Gasteiger partial charge in [0.15, 0.2) is 0 Å². The van der Waals surface area contributed by atoms with Crippen LogP contribution in [0, 0.1) is 0 Å². The highest BCUT2D eigenvalue weighted by Gasteiger charge is 2.22. The quantitative estimate of drug-likeness (QED) is 0.250. The Balaban J connectivity index is 1.33. The van der Waals surface area contributed by atoms with Gasteiger partial charge in [0.2, 0.25) is 0 Å². The van der Waals surface area contributed by atoms with E-state index >= 15 is 0 Å². The summed E-state index contributed by atoms with van der Waals surface area (Å²) >= 11 is 1.87. The Morgan fingerprint density at radius 1 is 0.486 bits per heavy atom. The Labute approximate surface area is 209 Å². The van der Waals surface area contributed by atoms with Crippen LogP contribution in [0.5, 0.6) is 0 Å². The van der Waals surface area contributed by atoms with Crippen molar-refractivity contribution in [2.45, 2.75) is 9.79 Å². The third kappa shape index (κ3) is 3.33. The second-order valence-corrected chi connectivity index (χ2v) is 10.2. The monoisotopic (exact) mass is 465 g/mol. The van der Waals surface area contributed by atoms with Crippen molar-refractivity contribution in [1.82, 2.24) is 0 Å². The van der Waals surface area contributed by atoms with Crippen LogP contribution >= 0.6 is 11.8 Å². The first kappa shape index (κ1) is 20.4. The fourth-order valence-electron chi connectivity index (χ4n) is 5.28. The number of anilines is 2. The van der Waals surface area contributed by atoms with Gasteiger partial charge in [-0.25, -0.2) is 0 Å². The molecule has 0 fully saturated rings. The van der Waals surface area contributed by atoms with Gasteiger partial charge in [0, 0.05) is 16.8 Å². The van der Waals surface area contributed by atoms with Crippen LogP contribution in [-0.4, -0.2) is 7.05 Å². The molecule has 166 valence electrons. The van der Waals surface area contributed by atoms with E-state index in [9.17, 15) is 0 Å². The van der Waals surface area contributed by atoms with E-state index in [1.54, 1.807) is 0 Å². The Kier molecular flexibility index (Phi) is 4.68. The minimum absolute atomic E-state index is 1.25. The van der Waals surface area contributed by atoms with Crippen molar-refractivity contribution in [3.63, 3.8) is 0 Å². The molecule has 1 nitrogen and oxygen atoms in total. The van der Waals surface area contributed by atoms with Crippen molar-refractivity contribution in [2.75, 3.05) is 11.9 Å². The zero-order valence-corrected chi connectivity index (χ0v) is 20.2. The van der Waals surface area contributed by atoms with Gasteiger partial charge in [-0.3, -0.25) is 0 Å². The largest absolute Gasteiger partial charge is 0.343 e. The van der Waals surface area contributed by atoms with Gasteiger partial charge in [0.25, 0.3) is 0 Å². The molecule has 0 atom stereocenters. The minimum atomic E-state index is 1.25. The molecule has 35 heavy (non-hydrogen) atoms. The number of fused-ring (bicyclic) bond motifs is 4. The highest BCUT2D eigenvalue weighted by atomic mass is 32.2. The maximum Gasteiger partial charge on any atom is 0.0550 e. The summed E-state index contributed by atoms with van der Waals surface area (Å²) in [7, 11) is 2.17. The Morgan fingerprint density at radius 3 is 1.46 bits per heavy atom. The number of benzene rings is 6. The predicted octanol–water partition coefficient (Wildman–Crippen LogP) is 9.56. The molecule has 0 unspecified atom stereocenters. The molecule has 0 amide bonds. The maximum absolute atomic E-state index is 2.35. The molecule has 6 aromatic rings. The van der Waals surface area contributed by atoms with E-state index in [4.69, 9.17) is 0 Å².